The van der Waals surface area contributed by atoms with E-state index in [0.717, 1.165) is 16.9 Å². The second-order valence-corrected chi connectivity index (χ2v) is 11.7. The van der Waals surface area contributed by atoms with Gasteiger partial charge < -0.3 is 10.6 Å². The molecule has 8 nitrogen and oxygen atoms in total. The van der Waals surface area contributed by atoms with Gasteiger partial charge in [-0.05, 0) is 84.1 Å². The molecule has 0 saturated carbocycles. The molecule has 0 aliphatic carbocycles. The van der Waals surface area contributed by atoms with Crippen molar-refractivity contribution in [2.75, 3.05) is 18.0 Å². The Morgan fingerprint density at radius 1 is 0.891 bits per heavy atom. The average molecular weight is 666 g/mol. The summed E-state index contributed by atoms with van der Waals surface area (Å²) in [5.41, 5.74) is 1.56. The Balaban J connectivity index is 1.81. The number of anilines is 1. The fourth-order valence-electron chi connectivity index (χ4n) is 5.78. The van der Waals surface area contributed by atoms with Crippen LogP contribution in [-0.4, -0.2) is 44.1 Å². The lowest BCUT2D eigenvalue weighted by atomic mass is 9.86. The number of carbonyl (C=O) groups excluding carboxylic acids is 1. The van der Waals surface area contributed by atoms with E-state index in [0.29, 0.717) is 43.6 Å². The van der Waals surface area contributed by atoms with Crippen LogP contribution in [0.2, 0.25) is 0 Å². The van der Waals surface area contributed by atoms with Gasteiger partial charge in [-0.25, -0.2) is 0 Å². The normalized spacial score (nSPS) is 16.2. The molecule has 46 heavy (non-hydrogen) atoms. The average Bonchev–Trinajstić information content (AvgIpc) is 3.38. The molecule has 2 aromatic carbocycles. The van der Waals surface area contributed by atoms with E-state index < -0.39 is 65.8 Å². The van der Waals surface area contributed by atoms with Gasteiger partial charge in [-0.15, -0.1) is 5.10 Å². The minimum Gasteiger partial charge on any atom is -0.369 e. The molecule has 1 saturated heterocycles. The number of aromatic nitrogens is 4. The number of likely N-dealkylation sites (tertiary alicyclic amines) is 1. The summed E-state index contributed by atoms with van der Waals surface area (Å²) in [7, 11) is 1.38. The first-order chi connectivity index (χ1) is 21.2. The van der Waals surface area contributed by atoms with Gasteiger partial charge in [0.05, 0.1) is 23.7 Å². The Hall–Kier alpha value is -3.89. The van der Waals surface area contributed by atoms with Crippen LogP contribution in [0.5, 0.6) is 0 Å². The van der Waals surface area contributed by atoms with E-state index in [4.69, 9.17) is 5.73 Å². The number of hydrogen-bond donors (Lipinski definition) is 1. The van der Waals surface area contributed by atoms with Crippen LogP contribution in [0.25, 0.3) is 0 Å². The summed E-state index contributed by atoms with van der Waals surface area (Å²) in [4.78, 5) is 15.9. The Morgan fingerprint density at radius 2 is 1.46 bits per heavy atom. The summed E-state index contributed by atoms with van der Waals surface area (Å²) in [6.45, 7) is 3.56. The molecule has 2 N–H and O–H groups in total. The molecule has 0 bridgehead atoms. The molecular formula is C29H32F9N7O. The molecule has 1 aliphatic heterocycles. The predicted octanol–water partition coefficient (Wildman–Crippen LogP) is 6.37. The van der Waals surface area contributed by atoms with E-state index in [1.807, 2.05) is 18.7 Å². The van der Waals surface area contributed by atoms with Crippen molar-refractivity contribution in [3.63, 3.8) is 0 Å². The van der Waals surface area contributed by atoms with E-state index in [9.17, 15) is 44.3 Å². The highest BCUT2D eigenvalue weighted by molar-refractivity contribution is 5.76. The van der Waals surface area contributed by atoms with Gasteiger partial charge >= 0.3 is 18.5 Å². The van der Waals surface area contributed by atoms with E-state index in [-0.39, 0.29) is 29.4 Å². The molecule has 1 unspecified atom stereocenters. The number of tetrazole rings is 1. The van der Waals surface area contributed by atoms with Gasteiger partial charge in [0, 0.05) is 25.0 Å². The van der Waals surface area contributed by atoms with Crippen molar-refractivity contribution in [2.45, 2.75) is 64.3 Å². The Bertz CT molecular complexity index is 1490. The van der Waals surface area contributed by atoms with Crippen LogP contribution in [0.15, 0.2) is 36.4 Å². The van der Waals surface area contributed by atoms with Gasteiger partial charge in [-0.1, -0.05) is 25.0 Å². The Kier molecular flexibility index (Phi) is 9.94. The third-order valence-electron chi connectivity index (χ3n) is 7.91. The van der Waals surface area contributed by atoms with Gasteiger partial charge in [0.25, 0.3) is 5.95 Å². The minimum absolute atomic E-state index is 0.00599. The molecule has 0 radical (unpaired) electrons. The van der Waals surface area contributed by atoms with E-state index in [1.54, 1.807) is 0 Å². The van der Waals surface area contributed by atoms with Crippen LogP contribution < -0.4 is 10.6 Å². The third-order valence-corrected chi connectivity index (χ3v) is 7.91. The fraction of sp³-hybridized carbons (Fsp3) is 0.517. The van der Waals surface area contributed by atoms with Crippen LogP contribution in [0, 0.1) is 11.8 Å². The minimum atomic E-state index is -5.10. The van der Waals surface area contributed by atoms with Crippen molar-refractivity contribution in [1.82, 2.24) is 25.1 Å². The summed E-state index contributed by atoms with van der Waals surface area (Å²) >= 11 is 0. The van der Waals surface area contributed by atoms with Crippen molar-refractivity contribution in [1.29, 1.82) is 0 Å². The van der Waals surface area contributed by atoms with Crippen LogP contribution in [0.1, 0.15) is 66.1 Å². The molecule has 1 atom stereocenters. The van der Waals surface area contributed by atoms with Gasteiger partial charge in [0.1, 0.15) is 0 Å². The number of carbonyl (C=O) groups is 1. The molecule has 1 aliphatic rings. The maximum Gasteiger partial charge on any atom is 0.416 e. The van der Waals surface area contributed by atoms with Crippen molar-refractivity contribution in [3.05, 3.63) is 69.8 Å². The van der Waals surface area contributed by atoms with E-state index in [1.165, 1.54) is 18.0 Å². The summed E-state index contributed by atoms with van der Waals surface area (Å²) in [5, 5.41) is 11.6. The smallest absolute Gasteiger partial charge is 0.369 e. The zero-order valence-electron chi connectivity index (χ0n) is 25.0. The molecule has 4 rings (SSSR count). The van der Waals surface area contributed by atoms with Gasteiger partial charge in [0.2, 0.25) is 5.91 Å². The Morgan fingerprint density at radius 3 is 1.91 bits per heavy atom. The van der Waals surface area contributed by atoms with Gasteiger partial charge in [-0.3, -0.25) is 9.69 Å². The first kappa shape index (κ1) is 35.0. The number of primary amides is 1. The van der Waals surface area contributed by atoms with Crippen LogP contribution in [0.4, 0.5) is 45.5 Å². The third kappa shape index (κ3) is 8.27. The van der Waals surface area contributed by atoms with Crippen molar-refractivity contribution < 1.29 is 44.3 Å². The summed E-state index contributed by atoms with van der Waals surface area (Å²) in [6, 6.07) is 3.81. The molecular weight excluding hydrogens is 633 g/mol. The number of amides is 1. The molecule has 17 heteroatoms. The zero-order chi connectivity index (χ0) is 34.2. The maximum atomic E-state index is 13.9. The van der Waals surface area contributed by atoms with Crippen LogP contribution in [0.3, 0.4) is 0 Å². The zero-order valence-corrected chi connectivity index (χ0v) is 25.0. The summed E-state index contributed by atoms with van der Waals surface area (Å²) < 4.78 is 123. The maximum absolute atomic E-state index is 13.9. The largest absolute Gasteiger partial charge is 0.416 e. The summed E-state index contributed by atoms with van der Waals surface area (Å²) in [5.74, 6) is -1.16. The molecule has 252 valence electrons. The van der Waals surface area contributed by atoms with Crippen molar-refractivity contribution in [3.8, 4) is 0 Å². The highest BCUT2D eigenvalue weighted by Crippen LogP contribution is 2.40. The highest BCUT2D eigenvalue weighted by atomic mass is 19.4. The van der Waals surface area contributed by atoms with Crippen LogP contribution in [-0.2, 0) is 43.5 Å². The van der Waals surface area contributed by atoms with Crippen molar-refractivity contribution >= 4 is 11.9 Å². The van der Waals surface area contributed by atoms with Crippen molar-refractivity contribution in [2.24, 2.45) is 24.6 Å². The lowest BCUT2D eigenvalue weighted by Crippen LogP contribution is -2.42. The lowest BCUT2D eigenvalue weighted by molar-refractivity contribution is -0.143. The van der Waals surface area contributed by atoms with Gasteiger partial charge in [0.15, 0.2) is 0 Å². The lowest BCUT2D eigenvalue weighted by Gasteiger charge is -2.40. The number of alkyl halides is 9. The second-order valence-electron chi connectivity index (χ2n) is 11.7. The predicted molar refractivity (Wildman–Crippen MR) is 148 cm³/mol. The Labute approximate surface area is 258 Å². The standard InChI is InChI=1S/C29H32F9N7O/c1-16(2)24(44-8-6-18(7-9-44)25(39)46)23-5-4-20(27(30,31)32)12-19(23)15-45(26-40-42-43(3)41-26)14-17-10-21(28(33,34)35)13-22(11-17)29(36,37)38/h4-5,10-13,16,18,24H,6-9,14-15H2,1-3H3,(H2,39,46). The molecule has 2 heterocycles. The van der Waals surface area contributed by atoms with E-state index in [2.05, 4.69) is 15.4 Å². The summed E-state index contributed by atoms with van der Waals surface area (Å²) in [6.07, 6.45) is -14.1. The number of benzene rings is 2. The number of nitrogens with two attached hydrogens (primary N) is 1. The quantitative estimate of drug-likeness (QED) is 0.267. The number of hydrogen-bond acceptors (Lipinski definition) is 6. The molecule has 0 spiro atoms. The molecule has 1 fully saturated rings. The van der Waals surface area contributed by atoms with E-state index >= 15 is 0 Å². The topological polar surface area (TPSA) is 93.2 Å². The SMILES string of the molecule is CC(C)C(c1ccc(C(F)(F)F)cc1CN(Cc1cc(C(F)(F)F)cc(C(F)(F)F)c1)c1nnn(C)n1)N1CCC(C(N)=O)CC1. The first-order valence-corrected chi connectivity index (χ1v) is 14.2. The molecule has 3 aromatic rings. The highest BCUT2D eigenvalue weighted by Gasteiger charge is 2.38. The monoisotopic (exact) mass is 665 g/mol. The number of halogens is 9. The van der Waals surface area contributed by atoms with Gasteiger partial charge in [-0.2, -0.15) is 44.3 Å². The second kappa shape index (κ2) is 13.1. The molecule has 1 amide bonds. The number of aryl methyl sites for hydroxylation is 1. The number of piperidine rings is 1. The first-order valence-electron chi connectivity index (χ1n) is 14.2. The van der Waals surface area contributed by atoms with Crippen LogP contribution >= 0.6 is 0 Å². The number of rotatable bonds is 9. The number of nitrogens with zero attached hydrogens (tertiary/aromatic N) is 6. The molecule has 1 aromatic heterocycles. The fourth-order valence-corrected chi connectivity index (χ4v) is 5.78.